The van der Waals surface area contributed by atoms with E-state index in [1.807, 2.05) is 36.4 Å². The van der Waals surface area contributed by atoms with Crippen LogP contribution in [0.4, 0.5) is 0 Å². The van der Waals surface area contributed by atoms with E-state index in [9.17, 15) is 10.1 Å². The molecule has 0 atom stereocenters. The lowest BCUT2D eigenvalue weighted by molar-refractivity contribution is -0.139. The molecule has 0 spiro atoms. The topological polar surface area (TPSA) is 91.7 Å². The van der Waals surface area contributed by atoms with E-state index < -0.39 is 5.97 Å². The van der Waals surface area contributed by atoms with Gasteiger partial charge in [-0.05, 0) is 23.8 Å². The summed E-state index contributed by atoms with van der Waals surface area (Å²) in [7, 11) is 0. The number of hydrogen-bond acceptors (Lipinski definition) is 5. The Kier molecular flexibility index (Phi) is 7.00. The maximum atomic E-state index is 12.4. The van der Waals surface area contributed by atoms with Crippen LogP contribution in [0, 0.1) is 22.7 Å². The normalized spacial score (nSPS) is 10.8. The number of benzene rings is 2. The van der Waals surface area contributed by atoms with Crippen molar-refractivity contribution in [3.63, 3.8) is 0 Å². The molecular weight excluding hydrogens is 400 g/mol. The third-order valence-electron chi connectivity index (χ3n) is 4.21. The Morgan fingerprint density at radius 1 is 1.13 bits per heavy atom. The Bertz CT molecular complexity index is 1140. The molecule has 0 unspecified atom stereocenters. The lowest BCUT2D eigenvalue weighted by Gasteiger charge is -2.04. The molecule has 148 valence electrons. The summed E-state index contributed by atoms with van der Waals surface area (Å²) in [5, 5.41) is 23.4. The highest BCUT2D eigenvalue weighted by molar-refractivity contribution is 6.30. The van der Waals surface area contributed by atoms with E-state index in [0.29, 0.717) is 22.8 Å². The van der Waals surface area contributed by atoms with Crippen LogP contribution in [0.1, 0.15) is 17.5 Å². The standard InChI is InChI=1S/C23H17ClN4O2/c24-21-9-7-18(8-10-21)22-20(15-28(27-22)12-4-11-25)13-19(14-26)23(29)30-16-17-5-2-1-3-6-17/h1-3,5-10,13,15H,4,12,16H2/b19-13+. The maximum absolute atomic E-state index is 12.4. The minimum Gasteiger partial charge on any atom is -0.457 e. The summed E-state index contributed by atoms with van der Waals surface area (Å²) < 4.78 is 6.88. The van der Waals surface area contributed by atoms with Gasteiger partial charge in [0.1, 0.15) is 18.2 Å². The fraction of sp³-hybridized carbons (Fsp3) is 0.130. The number of aromatic nitrogens is 2. The van der Waals surface area contributed by atoms with Crippen molar-refractivity contribution in [3.05, 3.63) is 82.5 Å². The first-order chi connectivity index (χ1) is 14.6. The lowest BCUT2D eigenvalue weighted by atomic mass is 10.1. The molecule has 0 aliphatic carbocycles. The van der Waals surface area contributed by atoms with Crippen molar-refractivity contribution in [2.75, 3.05) is 0 Å². The Labute approximate surface area is 179 Å². The smallest absolute Gasteiger partial charge is 0.349 e. The predicted molar refractivity (Wildman–Crippen MR) is 113 cm³/mol. The largest absolute Gasteiger partial charge is 0.457 e. The molecule has 3 rings (SSSR count). The van der Waals surface area contributed by atoms with Gasteiger partial charge in [0.25, 0.3) is 0 Å². The highest BCUT2D eigenvalue weighted by Crippen LogP contribution is 2.26. The first-order valence-electron chi connectivity index (χ1n) is 9.14. The summed E-state index contributed by atoms with van der Waals surface area (Å²) in [4.78, 5) is 12.4. The number of rotatable bonds is 7. The second-order valence-corrected chi connectivity index (χ2v) is 6.78. The molecule has 3 aromatic rings. The van der Waals surface area contributed by atoms with Gasteiger partial charge < -0.3 is 4.74 Å². The Hall–Kier alpha value is -3.87. The van der Waals surface area contributed by atoms with Crippen LogP contribution < -0.4 is 0 Å². The highest BCUT2D eigenvalue weighted by Gasteiger charge is 2.15. The summed E-state index contributed by atoms with van der Waals surface area (Å²) in [6.07, 6.45) is 3.44. The first-order valence-corrected chi connectivity index (χ1v) is 9.51. The molecule has 0 amide bonds. The summed E-state index contributed by atoms with van der Waals surface area (Å²) in [5.41, 5.74) is 2.61. The van der Waals surface area contributed by atoms with Gasteiger partial charge in [-0.2, -0.15) is 15.6 Å². The van der Waals surface area contributed by atoms with Crippen molar-refractivity contribution >= 4 is 23.6 Å². The number of nitriles is 2. The van der Waals surface area contributed by atoms with Crippen molar-refractivity contribution in [1.82, 2.24) is 9.78 Å². The zero-order chi connectivity index (χ0) is 21.3. The minimum absolute atomic E-state index is 0.0736. The second-order valence-electron chi connectivity index (χ2n) is 6.34. The third-order valence-corrected chi connectivity index (χ3v) is 4.47. The van der Waals surface area contributed by atoms with E-state index in [2.05, 4.69) is 11.2 Å². The number of nitrogens with zero attached hydrogens (tertiary/aromatic N) is 4. The number of carbonyl (C=O) groups excluding carboxylic acids is 1. The molecule has 0 aliphatic heterocycles. The van der Waals surface area contributed by atoms with Crippen molar-refractivity contribution in [2.45, 2.75) is 19.6 Å². The molecule has 30 heavy (non-hydrogen) atoms. The summed E-state index contributed by atoms with van der Waals surface area (Å²) >= 11 is 5.97. The third kappa shape index (κ3) is 5.35. The van der Waals surface area contributed by atoms with Crippen molar-refractivity contribution in [2.24, 2.45) is 0 Å². The second kappa shape index (κ2) is 10.1. The molecular formula is C23H17ClN4O2. The number of carbonyl (C=O) groups is 1. The Balaban J connectivity index is 1.89. The van der Waals surface area contributed by atoms with Gasteiger partial charge in [0, 0.05) is 22.3 Å². The van der Waals surface area contributed by atoms with Crippen LogP contribution in [0.3, 0.4) is 0 Å². The van der Waals surface area contributed by atoms with Crippen LogP contribution in [0.2, 0.25) is 5.02 Å². The maximum Gasteiger partial charge on any atom is 0.349 e. The molecule has 0 radical (unpaired) electrons. The van der Waals surface area contributed by atoms with E-state index in [-0.39, 0.29) is 18.6 Å². The quantitative estimate of drug-likeness (QED) is 0.314. The zero-order valence-corrected chi connectivity index (χ0v) is 16.7. The molecule has 7 heteroatoms. The predicted octanol–water partition coefficient (Wildman–Crippen LogP) is 4.77. The van der Waals surface area contributed by atoms with Crippen LogP contribution in [0.25, 0.3) is 17.3 Å². The van der Waals surface area contributed by atoms with Crippen LogP contribution in [0.5, 0.6) is 0 Å². The van der Waals surface area contributed by atoms with E-state index in [1.165, 1.54) is 6.08 Å². The van der Waals surface area contributed by atoms with Crippen LogP contribution >= 0.6 is 11.6 Å². The molecule has 0 fully saturated rings. The monoisotopic (exact) mass is 416 g/mol. The van der Waals surface area contributed by atoms with Crippen LogP contribution in [-0.4, -0.2) is 15.7 Å². The molecule has 0 N–H and O–H groups in total. The summed E-state index contributed by atoms with van der Waals surface area (Å²) in [5.74, 6) is -0.715. The Morgan fingerprint density at radius 3 is 2.53 bits per heavy atom. The molecule has 0 aliphatic rings. The summed E-state index contributed by atoms with van der Waals surface area (Å²) in [6, 6.07) is 20.3. The average molecular weight is 417 g/mol. The van der Waals surface area contributed by atoms with Gasteiger partial charge in [-0.15, -0.1) is 0 Å². The number of hydrogen-bond donors (Lipinski definition) is 0. The molecule has 2 aromatic carbocycles. The van der Waals surface area contributed by atoms with Gasteiger partial charge in [0.05, 0.1) is 24.7 Å². The highest BCUT2D eigenvalue weighted by atomic mass is 35.5. The molecule has 1 aromatic heterocycles. The van der Waals surface area contributed by atoms with Gasteiger partial charge in [-0.1, -0.05) is 54.1 Å². The van der Waals surface area contributed by atoms with Crippen molar-refractivity contribution in [3.8, 4) is 23.4 Å². The van der Waals surface area contributed by atoms with Crippen LogP contribution in [-0.2, 0) is 22.7 Å². The molecule has 1 heterocycles. The minimum atomic E-state index is -0.715. The lowest BCUT2D eigenvalue weighted by Crippen LogP contribution is -2.06. The van der Waals surface area contributed by atoms with Crippen molar-refractivity contribution in [1.29, 1.82) is 10.5 Å². The van der Waals surface area contributed by atoms with E-state index in [4.69, 9.17) is 21.6 Å². The number of esters is 1. The van der Waals surface area contributed by atoms with Gasteiger partial charge in [0.15, 0.2) is 0 Å². The zero-order valence-electron chi connectivity index (χ0n) is 16.0. The number of aryl methyl sites for hydroxylation is 1. The van der Waals surface area contributed by atoms with E-state index in [1.54, 1.807) is 35.1 Å². The van der Waals surface area contributed by atoms with Gasteiger partial charge in [-0.3, -0.25) is 4.68 Å². The van der Waals surface area contributed by atoms with Gasteiger partial charge in [-0.25, -0.2) is 4.79 Å². The molecule has 0 saturated carbocycles. The van der Waals surface area contributed by atoms with E-state index >= 15 is 0 Å². The SMILES string of the molecule is N#CCCn1cc(/C=C(\C#N)C(=O)OCc2ccccc2)c(-c2ccc(Cl)cc2)n1. The average Bonchev–Trinajstić information content (AvgIpc) is 3.18. The van der Waals surface area contributed by atoms with Crippen LogP contribution in [0.15, 0.2) is 66.4 Å². The summed E-state index contributed by atoms with van der Waals surface area (Å²) in [6.45, 7) is 0.468. The Morgan fingerprint density at radius 2 is 1.87 bits per heavy atom. The van der Waals surface area contributed by atoms with Gasteiger partial charge >= 0.3 is 5.97 Å². The van der Waals surface area contributed by atoms with Crippen molar-refractivity contribution < 1.29 is 9.53 Å². The first kappa shape index (κ1) is 20.9. The number of halogens is 1. The fourth-order valence-electron chi connectivity index (χ4n) is 2.75. The van der Waals surface area contributed by atoms with E-state index in [0.717, 1.165) is 11.1 Å². The molecule has 0 bridgehead atoms. The number of ether oxygens (including phenoxy) is 1. The molecule has 6 nitrogen and oxygen atoms in total. The molecule has 0 saturated heterocycles. The van der Waals surface area contributed by atoms with Gasteiger partial charge in [0.2, 0.25) is 0 Å². The fourth-order valence-corrected chi connectivity index (χ4v) is 2.87.